The summed E-state index contributed by atoms with van der Waals surface area (Å²) in [5, 5.41) is 61.1. The fourth-order valence-corrected chi connectivity index (χ4v) is 4.43. The van der Waals surface area contributed by atoms with Gasteiger partial charge in [0.25, 0.3) is 0 Å². The van der Waals surface area contributed by atoms with E-state index in [-0.39, 0.29) is 6.42 Å². The van der Waals surface area contributed by atoms with Crippen LogP contribution in [0.25, 0.3) is 0 Å². The van der Waals surface area contributed by atoms with Gasteiger partial charge < -0.3 is 66.8 Å². The van der Waals surface area contributed by atoms with Gasteiger partial charge in [0.15, 0.2) is 12.6 Å². The van der Waals surface area contributed by atoms with Gasteiger partial charge >= 0.3 is 0 Å². The molecule has 3 aliphatic rings. The Labute approximate surface area is 190 Å². The quantitative estimate of drug-likeness (QED) is 0.154. The summed E-state index contributed by atoms with van der Waals surface area (Å²) < 4.78 is 22.8. The van der Waals surface area contributed by atoms with E-state index >= 15 is 0 Å². The summed E-state index contributed by atoms with van der Waals surface area (Å²) in [5.41, 5.74) is 18.2. The summed E-state index contributed by atoms with van der Waals surface area (Å²) in [7, 11) is 0. The zero-order valence-electron chi connectivity index (χ0n) is 18.3. The van der Waals surface area contributed by atoms with E-state index in [1.165, 1.54) is 0 Å². The van der Waals surface area contributed by atoms with Crippen LogP contribution in [-0.4, -0.2) is 136 Å². The highest BCUT2D eigenvalue weighted by molar-refractivity contribution is 5.24. The first-order valence-corrected chi connectivity index (χ1v) is 10.9. The van der Waals surface area contributed by atoms with Crippen LogP contribution in [0, 0.1) is 0 Å². The van der Waals surface area contributed by atoms with E-state index in [1.54, 1.807) is 6.92 Å². The predicted molar refractivity (Wildman–Crippen MR) is 112 cm³/mol. The lowest BCUT2D eigenvalue weighted by Crippen LogP contribution is -2.68. The lowest BCUT2D eigenvalue weighted by molar-refractivity contribution is -0.310. The van der Waals surface area contributed by atoms with E-state index < -0.39 is 98.3 Å². The highest BCUT2D eigenvalue weighted by Gasteiger charge is 2.52. The monoisotopic (exact) mass is 480 g/mol. The number of rotatable bonds is 7. The van der Waals surface area contributed by atoms with Gasteiger partial charge in [-0.05, 0) is 20.1 Å². The van der Waals surface area contributed by atoms with Crippen LogP contribution in [-0.2, 0) is 18.9 Å². The van der Waals surface area contributed by atoms with Gasteiger partial charge in [0.1, 0.15) is 48.8 Å². The maximum absolute atomic E-state index is 10.7. The van der Waals surface area contributed by atoms with Gasteiger partial charge in [-0.1, -0.05) is 0 Å². The second-order valence-corrected chi connectivity index (χ2v) is 8.91. The van der Waals surface area contributed by atoms with E-state index in [4.69, 9.17) is 36.1 Å². The van der Waals surface area contributed by atoms with Crippen LogP contribution in [0.2, 0.25) is 0 Å². The van der Waals surface area contributed by atoms with Crippen LogP contribution in [0.5, 0.6) is 0 Å². The van der Waals surface area contributed by atoms with Gasteiger partial charge in [-0.25, -0.2) is 0 Å². The number of hydrogen-bond donors (Lipinski definition) is 9. The highest BCUT2D eigenvalue weighted by atomic mass is 16.7. The molecule has 0 aromatic heterocycles. The van der Waals surface area contributed by atoms with Gasteiger partial charge in [0, 0.05) is 12.1 Å². The summed E-state index contributed by atoms with van der Waals surface area (Å²) in [5.74, 6) is 0. The predicted octanol–water partition coefficient (Wildman–Crippen LogP) is -5.52. The molecule has 15 atom stereocenters. The molecular weight excluding hydrogens is 444 g/mol. The molecule has 0 radical (unpaired) electrons. The number of aliphatic hydroxyl groups is 6. The number of ether oxygens (including phenoxy) is 4. The van der Waals surface area contributed by atoms with Gasteiger partial charge in [0.2, 0.25) is 0 Å². The molecule has 0 bridgehead atoms. The third kappa shape index (κ3) is 5.23. The summed E-state index contributed by atoms with van der Waals surface area (Å²) in [6.07, 6.45) is -13.9. The third-order valence-electron chi connectivity index (χ3n) is 6.60. The minimum absolute atomic E-state index is 0.138. The molecule has 192 valence electrons. The number of hydrogen-bond acceptors (Lipinski definition) is 14. The SMILES string of the molecule is C=N[C@@H](C)[C@H]1O[C@@H](OC2[C@H](O[C@H]3OC(CO)[C@@H](O)[C@H](O)C3N)C(N)C[C@@H](N)[C@H]2O)[C@@H](O)C1O. The summed E-state index contributed by atoms with van der Waals surface area (Å²) in [6, 6.07) is -3.33. The molecule has 3 fully saturated rings. The normalized spacial score (nSPS) is 51.9. The van der Waals surface area contributed by atoms with Crippen molar-refractivity contribution >= 4 is 6.72 Å². The van der Waals surface area contributed by atoms with E-state index in [0.29, 0.717) is 0 Å². The Balaban J connectivity index is 1.79. The van der Waals surface area contributed by atoms with Crippen molar-refractivity contribution in [2.24, 2.45) is 22.2 Å². The maximum atomic E-state index is 10.7. The fraction of sp³-hybridized carbons (Fsp3) is 0.947. The van der Waals surface area contributed by atoms with E-state index in [9.17, 15) is 30.6 Å². The van der Waals surface area contributed by atoms with Crippen molar-refractivity contribution in [1.82, 2.24) is 0 Å². The molecule has 3 rings (SSSR count). The molecule has 0 aromatic rings. The van der Waals surface area contributed by atoms with E-state index in [1.807, 2.05) is 0 Å². The molecule has 14 nitrogen and oxygen atoms in total. The number of nitrogens with zero attached hydrogens (tertiary/aromatic N) is 1. The summed E-state index contributed by atoms with van der Waals surface area (Å²) in [6.45, 7) is 4.44. The first kappa shape index (κ1) is 26.7. The molecular formula is C19H36N4O10. The van der Waals surface area contributed by atoms with Crippen LogP contribution < -0.4 is 17.2 Å². The van der Waals surface area contributed by atoms with Crippen LogP contribution in [0.4, 0.5) is 0 Å². The first-order valence-electron chi connectivity index (χ1n) is 10.9. The average molecular weight is 481 g/mol. The molecule has 33 heavy (non-hydrogen) atoms. The molecule has 2 heterocycles. The van der Waals surface area contributed by atoms with E-state index in [2.05, 4.69) is 11.7 Å². The molecule has 2 aliphatic heterocycles. The molecule has 12 N–H and O–H groups in total. The Bertz CT molecular complexity index is 662. The molecule has 1 aliphatic carbocycles. The molecule has 2 saturated heterocycles. The maximum Gasteiger partial charge on any atom is 0.187 e. The fourth-order valence-electron chi connectivity index (χ4n) is 4.43. The van der Waals surface area contributed by atoms with Crippen molar-refractivity contribution in [1.29, 1.82) is 0 Å². The van der Waals surface area contributed by atoms with Crippen LogP contribution >= 0.6 is 0 Å². The molecule has 0 aromatic carbocycles. The standard InChI is InChI=1S/C19H36N4O10/c1-5(23-2)15-13(28)14(29)19(31-15)33-17-10(25)6(20)3-7(21)16(17)32-18-9(22)12(27)11(26)8(4-24)30-18/h5-19,24-29H,2-4,20-22H2,1H3/t5-,6+,7?,8?,9?,10+,11+,12+,13?,14-,15+,16+,17?,18+,19-/m0/s1. The Hall–Kier alpha value is -0.850. The Morgan fingerprint density at radius 2 is 1.52 bits per heavy atom. The van der Waals surface area contributed by atoms with Crippen molar-refractivity contribution in [2.45, 2.75) is 105 Å². The van der Waals surface area contributed by atoms with E-state index in [0.717, 1.165) is 0 Å². The highest BCUT2D eigenvalue weighted by Crippen LogP contribution is 2.33. The van der Waals surface area contributed by atoms with Crippen molar-refractivity contribution < 1.29 is 49.6 Å². The van der Waals surface area contributed by atoms with Gasteiger partial charge in [-0.15, -0.1) is 0 Å². The Morgan fingerprint density at radius 3 is 2.12 bits per heavy atom. The minimum Gasteiger partial charge on any atom is -0.394 e. The summed E-state index contributed by atoms with van der Waals surface area (Å²) >= 11 is 0. The van der Waals surface area contributed by atoms with Crippen molar-refractivity contribution in [2.75, 3.05) is 6.61 Å². The minimum atomic E-state index is -1.47. The topological polar surface area (TPSA) is 249 Å². The van der Waals surface area contributed by atoms with Crippen molar-refractivity contribution in [3.63, 3.8) is 0 Å². The lowest BCUT2D eigenvalue weighted by atomic mass is 9.84. The molecule has 0 amide bonds. The average Bonchev–Trinajstić information content (AvgIpc) is 3.07. The number of aliphatic imine (C=N–C) groups is 1. The largest absolute Gasteiger partial charge is 0.394 e. The first-order chi connectivity index (χ1) is 15.5. The molecule has 1 saturated carbocycles. The van der Waals surface area contributed by atoms with Gasteiger partial charge in [0.05, 0.1) is 24.8 Å². The summed E-state index contributed by atoms with van der Waals surface area (Å²) in [4.78, 5) is 3.79. The Kier molecular flexibility index (Phi) is 8.77. The Morgan fingerprint density at radius 1 is 0.879 bits per heavy atom. The molecule has 14 heteroatoms. The molecule has 5 unspecified atom stereocenters. The van der Waals surface area contributed by atoms with Gasteiger partial charge in [-0.2, -0.15) is 0 Å². The zero-order valence-corrected chi connectivity index (χ0v) is 18.3. The number of aliphatic hydroxyl groups excluding tert-OH is 6. The van der Waals surface area contributed by atoms with Gasteiger partial charge in [-0.3, -0.25) is 4.99 Å². The smallest absolute Gasteiger partial charge is 0.187 e. The van der Waals surface area contributed by atoms with Crippen LogP contribution in [0.15, 0.2) is 4.99 Å². The van der Waals surface area contributed by atoms with Crippen LogP contribution in [0.1, 0.15) is 13.3 Å². The van der Waals surface area contributed by atoms with Crippen molar-refractivity contribution in [3.8, 4) is 0 Å². The lowest BCUT2D eigenvalue weighted by Gasteiger charge is -2.47. The van der Waals surface area contributed by atoms with Crippen LogP contribution in [0.3, 0.4) is 0 Å². The number of nitrogens with two attached hydrogens (primary N) is 3. The second-order valence-electron chi connectivity index (χ2n) is 8.91. The second kappa shape index (κ2) is 10.8. The molecule has 0 spiro atoms. The van der Waals surface area contributed by atoms with Crippen molar-refractivity contribution in [3.05, 3.63) is 0 Å². The third-order valence-corrected chi connectivity index (χ3v) is 6.60. The zero-order chi connectivity index (χ0) is 24.6.